The van der Waals surface area contributed by atoms with Crippen LogP contribution in [0.5, 0.6) is 5.75 Å². The fourth-order valence-corrected chi connectivity index (χ4v) is 2.80. The number of carbonyl (C=O) groups is 1. The maximum atomic E-state index is 12.8. The van der Waals surface area contributed by atoms with E-state index in [4.69, 9.17) is 22.1 Å². The summed E-state index contributed by atoms with van der Waals surface area (Å²) >= 11 is 5.91. The Labute approximate surface area is 159 Å². The number of ether oxygens (including phenoxy) is 1. The van der Waals surface area contributed by atoms with Gasteiger partial charge in [-0.3, -0.25) is 4.79 Å². The molecule has 0 radical (unpaired) electrons. The summed E-state index contributed by atoms with van der Waals surface area (Å²) in [5.74, 6) is 0.920. The van der Waals surface area contributed by atoms with Gasteiger partial charge in [-0.1, -0.05) is 41.9 Å². The molecule has 4 nitrogen and oxygen atoms in total. The molecule has 0 bridgehead atoms. The largest absolute Gasteiger partial charge is 0.476 e. The zero-order chi connectivity index (χ0) is 16.9. The summed E-state index contributed by atoms with van der Waals surface area (Å²) in [6, 6.07) is 16.5. The molecular weight excluding hydrogens is 359 g/mol. The highest BCUT2D eigenvalue weighted by atomic mass is 35.5. The van der Waals surface area contributed by atoms with Crippen molar-refractivity contribution in [2.45, 2.75) is 25.0 Å². The van der Waals surface area contributed by atoms with E-state index in [2.05, 4.69) is 5.32 Å². The number of rotatable bonds is 7. The molecule has 6 heteroatoms. The number of carbonyl (C=O) groups excluding carboxylic acids is 1. The summed E-state index contributed by atoms with van der Waals surface area (Å²) < 4.78 is 5.95. The molecule has 0 heterocycles. The molecule has 2 aromatic rings. The van der Waals surface area contributed by atoms with Gasteiger partial charge >= 0.3 is 0 Å². The van der Waals surface area contributed by atoms with Crippen molar-refractivity contribution in [1.29, 1.82) is 0 Å². The highest BCUT2D eigenvalue weighted by molar-refractivity contribution is 6.30. The molecule has 0 spiro atoms. The first-order valence-corrected chi connectivity index (χ1v) is 8.53. The maximum absolute atomic E-state index is 12.8. The predicted molar refractivity (Wildman–Crippen MR) is 102 cm³/mol. The Morgan fingerprint density at radius 3 is 2.36 bits per heavy atom. The summed E-state index contributed by atoms with van der Waals surface area (Å²) in [7, 11) is 0. The molecule has 1 amide bonds. The molecule has 2 unspecified atom stereocenters. The fourth-order valence-electron chi connectivity index (χ4n) is 2.68. The second-order valence-electron chi connectivity index (χ2n) is 6.05. The Morgan fingerprint density at radius 1 is 1.16 bits per heavy atom. The third kappa shape index (κ3) is 5.36. The normalized spacial score (nSPS) is 15.6. The van der Waals surface area contributed by atoms with Gasteiger partial charge < -0.3 is 15.8 Å². The van der Waals surface area contributed by atoms with Gasteiger partial charge in [0.2, 0.25) is 6.10 Å². The van der Waals surface area contributed by atoms with Gasteiger partial charge in [0.15, 0.2) is 0 Å². The molecule has 1 aliphatic rings. The lowest BCUT2D eigenvalue weighted by Crippen LogP contribution is -2.44. The SMILES string of the molecule is Cl.NCC(NC(=O)C(Oc1ccc(Cl)cc1)c1ccccc1)C1CC1. The van der Waals surface area contributed by atoms with Crippen molar-refractivity contribution in [3.63, 3.8) is 0 Å². The van der Waals surface area contributed by atoms with E-state index < -0.39 is 6.10 Å². The van der Waals surface area contributed by atoms with Gasteiger partial charge in [-0.15, -0.1) is 12.4 Å². The van der Waals surface area contributed by atoms with Crippen molar-refractivity contribution in [2.75, 3.05) is 6.54 Å². The van der Waals surface area contributed by atoms with Gasteiger partial charge in [0.25, 0.3) is 5.91 Å². The van der Waals surface area contributed by atoms with Crippen LogP contribution in [0.4, 0.5) is 0 Å². The highest BCUT2D eigenvalue weighted by Crippen LogP contribution is 2.33. The Hall–Kier alpha value is -1.75. The molecule has 2 atom stereocenters. The van der Waals surface area contributed by atoms with Gasteiger partial charge in [0, 0.05) is 23.2 Å². The van der Waals surface area contributed by atoms with Crippen LogP contribution in [0.2, 0.25) is 5.02 Å². The van der Waals surface area contributed by atoms with E-state index in [-0.39, 0.29) is 24.4 Å². The standard InChI is InChI=1S/C19H21ClN2O2.ClH/c20-15-8-10-16(11-9-15)24-18(14-4-2-1-3-5-14)19(23)22-17(12-21)13-6-7-13;/h1-5,8-11,13,17-18H,6-7,12,21H2,(H,22,23);1H. The van der Waals surface area contributed by atoms with Crippen molar-refractivity contribution < 1.29 is 9.53 Å². The molecule has 1 saturated carbocycles. The van der Waals surface area contributed by atoms with E-state index in [1.165, 1.54) is 0 Å². The van der Waals surface area contributed by atoms with Crippen LogP contribution >= 0.6 is 24.0 Å². The van der Waals surface area contributed by atoms with E-state index in [1.54, 1.807) is 24.3 Å². The minimum absolute atomic E-state index is 0. The van der Waals surface area contributed by atoms with Crippen LogP contribution in [0.3, 0.4) is 0 Å². The summed E-state index contributed by atoms with van der Waals surface area (Å²) in [4.78, 5) is 12.8. The molecule has 0 saturated heterocycles. The Bertz CT molecular complexity index is 676. The lowest BCUT2D eigenvalue weighted by molar-refractivity contribution is -0.129. The van der Waals surface area contributed by atoms with Crippen LogP contribution in [0.1, 0.15) is 24.5 Å². The molecule has 134 valence electrons. The molecule has 3 N–H and O–H groups in total. The van der Waals surface area contributed by atoms with E-state index in [9.17, 15) is 4.79 Å². The van der Waals surface area contributed by atoms with Crippen LogP contribution in [-0.4, -0.2) is 18.5 Å². The zero-order valence-corrected chi connectivity index (χ0v) is 15.3. The number of halogens is 2. The van der Waals surface area contributed by atoms with Gasteiger partial charge in [0.1, 0.15) is 5.75 Å². The van der Waals surface area contributed by atoms with Gasteiger partial charge in [-0.25, -0.2) is 0 Å². The van der Waals surface area contributed by atoms with Crippen LogP contribution in [-0.2, 0) is 4.79 Å². The molecule has 1 fully saturated rings. The van der Waals surface area contributed by atoms with E-state index in [0.29, 0.717) is 23.2 Å². The van der Waals surface area contributed by atoms with Crippen LogP contribution < -0.4 is 15.8 Å². The number of benzene rings is 2. The van der Waals surface area contributed by atoms with Crippen molar-refractivity contribution in [1.82, 2.24) is 5.32 Å². The first-order chi connectivity index (χ1) is 11.7. The lowest BCUT2D eigenvalue weighted by atomic mass is 10.1. The highest BCUT2D eigenvalue weighted by Gasteiger charge is 2.33. The van der Waals surface area contributed by atoms with E-state index >= 15 is 0 Å². The molecule has 0 aromatic heterocycles. The van der Waals surface area contributed by atoms with Crippen molar-refractivity contribution >= 4 is 29.9 Å². The third-order valence-electron chi connectivity index (χ3n) is 4.18. The Balaban J connectivity index is 0.00000225. The van der Waals surface area contributed by atoms with Crippen LogP contribution in [0.15, 0.2) is 54.6 Å². The first kappa shape index (κ1) is 19.6. The maximum Gasteiger partial charge on any atom is 0.266 e. The molecule has 25 heavy (non-hydrogen) atoms. The number of nitrogens with one attached hydrogen (secondary N) is 1. The minimum atomic E-state index is -0.722. The number of amides is 1. The quantitative estimate of drug-likeness (QED) is 0.768. The first-order valence-electron chi connectivity index (χ1n) is 8.15. The fraction of sp³-hybridized carbons (Fsp3) is 0.316. The van der Waals surface area contributed by atoms with E-state index in [0.717, 1.165) is 18.4 Å². The van der Waals surface area contributed by atoms with Crippen LogP contribution in [0, 0.1) is 5.92 Å². The smallest absolute Gasteiger partial charge is 0.266 e. The third-order valence-corrected chi connectivity index (χ3v) is 4.43. The Kier molecular flexibility index (Phi) is 7.12. The summed E-state index contributed by atoms with van der Waals surface area (Å²) in [6.07, 6.45) is 1.52. The minimum Gasteiger partial charge on any atom is -0.476 e. The van der Waals surface area contributed by atoms with Gasteiger partial charge in [0.05, 0.1) is 0 Å². The van der Waals surface area contributed by atoms with E-state index in [1.807, 2.05) is 30.3 Å². The summed E-state index contributed by atoms with van der Waals surface area (Å²) in [5.41, 5.74) is 6.60. The van der Waals surface area contributed by atoms with Gasteiger partial charge in [-0.05, 0) is 43.0 Å². The molecular formula is C19H22Cl2N2O2. The average molecular weight is 381 g/mol. The second-order valence-corrected chi connectivity index (χ2v) is 6.49. The Morgan fingerprint density at radius 2 is 1.80 bits per heavy atom. The molecule has 1 aliphatic carbocycles. The zero-order valence-electron chi connectivity index (χ0n) is 13.7. The molecule has 2 aromatic carbocycles. The van der Waals surface area contributed by atoms with Crippen LogP contribution in [0.25, 0.3) is 0 Å². The van der Waals surface area contributed by atoms with Gasteiger partial charge in [-0.2, -0.15) is 0 Å². The number of hydrogen-bond acceptors (Lipinski definition) is 3. The number of hydrogen-bond donors (Lipinski definition) is 2. The predicted octanol–water partition coefficient (Wildman–Crippen LogP) is 3.74. The molecule has 0 aliphatic heterocycles. The second kappa shape index (κ2) is 9.09. The monoisotopic (exact) mass is 380 g/mol. The van der Waals surface area contributed by atoms with Crippen molar-refractivity contribution in [2.24, 2.45) is 11.7 Å². The van der Waals surface area contributed by atoms with Crippen molar-refractivity contribution in [3.05, 3.63) is 65.2 Å². The molecule has 3 rings (SSSR count). The lowest BCUT2D eigenvalue weighted by Gasteiger charge is -2.23. The summed E-state index contributed by atoms with van der Waals surface area (Å²) in [6.45, 7) is 0.443. The average Bonchev–Trinajstić information content (AvgIpc) is 3.44. The summed E-state index contributed by atoms with van der Waals surface area (Å²) in [5, 5.41) is 3.67. The topological polar surface area (TPSA) is 64.3 Å². The van der Waals surface area contributed by atoms with Crippen molar-refractivity contribution in [3.8, 4) is 5.75 Å². The number of nitrogens with two attached hydrogens (primary N) is 1.